The number of piperazine rings is 3. The van der Waals surface area contributed by atoms with E-state index >= 15 is 0 Å². The number of carbonyl (C=O) groups is 12. The van der Waals surface area contributed by atoms with Crippen molar-refractivity contribution in [3.8, 4) is 0 Å². The summed E-state index contributed by atoms with van der Waals surface area (Å²) in [6, 6.07) is 17.7. The summed E-state index contributed by atoms with van der Waals surface area (Å²) in [4.78, 5) is 149. The van der Waals surface area contributed by atoms with Gasteiger partial charge in [-0.3, -0.25) is 58.6 Å². The van der Waals surface area contributed by atoms with Crippen molar-refractivity contribution in [1.82, 2.24) is 47.0 Å². The standard InChI is InChI=1S/2C20H27ClN4O3.C12H17ClN2.2C9H13NO4.ClH/c2*1-12(10-20(4)18(27)22-19(28)23-20)17(26)24-8-9-25(13(2)11-24)16-7-5-6-15(21)14(16)3;1-9-8-14-6-7-15(9)12-5-3-4-11(13)10(12)2;2*1-5(8(13)14)4-9(2)6(11)3-7(12)10-9;/h2*5-7,12-13H,8-11H2,1-4H3,(H2,22,23,27,28);3-5,9,14H,6-8H2,1-2H3;2*5H,3-4H2,1-2H3,(H,10,12)(H,13,14);1H/t12-,13+,20+;12-,13-,20+;9-;2*5-,9+;/m10010./s1. The minimum absolute atomic E-state index is 0. The normalized spacial score (nSPS) is 25.9. The first-order chi connectivity index (χ1) is 46.1. The first kappa shape index (κ1) is 82.9. The van der Waals surface area contributed by atoms with Gasteiger partial charge in [0.1, 0.15) is 11.1 Å². The molecule has 0 unspecified atom stereocenters. The summed E-state index contributed by atoms with van der Waals surface area (Å²) in [5, 5.41) is 37.9. The van der Waals surface area contributed by atoms with Crippen LogP contribution in [0.1, 0.15) is 131 Å². The quantitative estimate of drug-likeness (QED) is 0.0529. The van der Waals surface area contributed by atoms with Crippen molar-refractivity contribution in [3.63, 3.8) is 0 Å². The van der Waals surface area contributed by atoms with E-state index in [-0.39, 0.29) is 122 Å². The zero-order chi connectivity index (χ0) is 74.0. The van der Waals surface area contributed by atoms with E-state index in [4.69, 9.17) is 45.0 Å². The van der Waals surface area contributed by atoms with E-state index in [2.05, 4.69) is 97.8 Å². The Balaban J connectivity index is 0.000000234. The lowest BCUT2D eigenvalue weighted by Gasteiger charge is -2.43. The molecule has 10 rings (SSSR count). The summed E-state index contributed by atoms with van der Waals surface area (Å²) in [7, 11) is 0. The highest BCUT2D eigenvalue weighted by molar-refractivity contribution is 6.32. The number of benzene rings is 3. The molecule has 0 bridgehead atoms. The van der Waals surface area contributed by atoms with Crippen LogP contribution in [0.5, 0.6) is 0 Å². The summed E-state index contributed by atoms with van der Waals surface area (Å²) < 4.78 is 0. The third-order valence-electron chi connectivity index (χ3n) is 19.5. The first-order valence-electron chi connectivity index (χ1n) is 33.4. The molecule has 26 nitrogen and oxygen atoms in total. The van der Waals surface area contributed by atoms with Crippen molar-refractivity contribution in [2.45, 2.75) is 176 Å². The Hall–Kier alpha value is -7.78. The molecule has 550 valence electrons. The summed E-state index contributed by atoms with van der Waals surface area (Å²) in [5.74, 6) is -5.80. The lowest BCUT2D eigenvalue weighted by molar-refractivity contribution is -0.143. The monoisotopic (exact) mass is 1470 g/mol. The molecule has 0 radical (unpaired) electrons. The third kappa shape index (κ3) is 20.5. The second-order valence-electron chi connectivity index (χ2n) is 28.1. The number of nitrogens with one attached hydrogen (secondary N) is 7. The van der Waals surface area contributed by atoms with Crippen molar-refractivity contribution in [3.05, 3.63) is 86.4 Å². The third-order valence-corrected chi connectivity index (χ3v) is 20.7. The number of hydrogen-bond acceptors (Lipinski definition) is 16. The highest BCUT2D eigenvalue weighted by atomic mass is 35.5. The average molecular weight is 1470 g/mol. The number of rotatable bonds is 15. The number of urea groups is 2. The summed E-state index contributed by atoms with van der Waals surface area (Å²) >= 11 is 18.7. The Kier molecular flexibility index (Phi) is 28.8. The fourth-order valence-corrected chi connectivity index (χ4v) is 14.2. The number of aliphatic carboxylic acids is 2. The van der Waals surface area contributed by atoms with E-state index in [0.29, 0.717) is 32.2 Å². The lowest BCUT2D eigenvalue weighted by Crippen LogP contribution is -2.56. The van der Waals surface area contributed by atoms with Gasteiger partial charge in [-0.2, -0.15) is 0 Å². The molecule has 7 fully saturated rings. The van der Waals surface area contributed by atoms with E-state index in [9.17, 15) is 57.5 Å². The van der Waals surface area contributed by atoms with Crippen molar-refractivity contribution in [2.75, 3.05) is 73.6 Å². The van der Waals surface area contributed by atoms with Gasteiger partial charge in [-0.25, -0.2) is 9.59 Å². The van der Waals surface area contributed by atoms with E-state index in [0.717, 1.165) is 70.3 Å². The maximum absolute atomic E-state index is 13.0. The molecule has 0 saturated carbocycles. The molecular weight excluding hydrogens is 1370 g/mol. The van der Waals surface area contributed by atoms with Crippen molar-refractivity contribution in [1.29, 1.82) is 0 Å². The maximum Gasteiger partial charge on any atom is 0.322 e. The highest BCUT2D eigenvalue weighted by Crippen LogP contribution is 2.34. The molecular formula is C70H98Cl4N12O14. The number of Topliss-reactive ketones (excluding diaryl/α,β-unsaturated/α-hetero) is 2. The predicted octanol–water partition coefficient (Wildman–Crippen LogP) is 7.38. The number of carboxylic acid groups (broad SMARTS) is 2. The molecule has 3 aromatic rings. The van der Waals surface area contributed by atoms with Gasteiger partial charge in [0.2, 0.25) is 23.6 Å². The molecule has 0 aliphatic carbocycles. The van der Waals surface area contributed by atoms with Crippen molar-refractivity contribution in [2.24, 2.45) is 23.7 Å². The number of carbonyl (C=O) groups excluding carboxylic acids is 10. The van der Waals surface area contributed by atoms with Crippen LogP contribution in [0.25, 0.3) is 0 Å². The van der Waals surface area contributed by atoms with Gasteiger partial charge < -0.3 is 61.3 Å². The number of amides is 10. The molecule has 10 amide bonds. The Morgan fingerprint density at radius 3 is 1.07 bits per heavy atom. The number of carboxylic acids is 2. The van der Waals surface area contributed by atoms with Crippen LogP contribution in [-0.2, 0) is 47.9 Å². The van der Waals surface area contributed by atoms with E-state index in [1.54, 1.807) is 27.7 Å². The van der Waals surface area contributed by atoms with Crippen LogP contribution in [0.3, 0.4) is 0 Å². The Morgan fingerprint density at radius 1 is 0.480 bits per heavy atom. The number of nitrogens with zero attached hydrogens (tertiary/aromatic N) is 5. The molecule has 100 heavy (non-hydrogen) atoms. The lowest BCUT2D eigenvalue weighted by atomic mass is 9.88. The number of imide groups is 2. The second kappa shape index (κ2) is 34.7. The summed E-state index contributed by atoms with van der Waals surface area (Å²) in [6.07, 6.45) is 0.558. The number of hydrogen-bond donors (Lipinski definition) is 9. The predicted molar refractivity (Wildman–Crippen MR) is 385 cm³/mol. The molecule has 9 N–H and O–H groups in total. The van der Waals surface area contributed by atoms with Crippen LogP contribution in [0, 0.1) is 44.4 Å². The van der Waals surface area contributed by atoms with Crippen LogP contribution < -0.4 is 51.9 Å². The molecule has 7 aliphatic heterocycles. The van der Waals surface area contributed by atoms with Gasteiger partial charge in [-0.05, 0) is 148 Å². The van der Waals surface area contributed by atoms with Crippen LogP contribution in [0.15, 0.2) is 54.6 Å². The Morgan fingerprint density at radius 2 is 0.800 bits per heavy atom. The molecule has 11 atom stereocenters. The van der Waals surface area contributed by atoms with Gasteiger partial charge in [-0.1, -0.05) is 80.7 Å². The smallest absolute Gasteiger partial charge is 0.322 e. The van der Waals surface area contributed by atoms with Gasteiger partial charge in [-0.15, -0.1) is 12.4 Å². The van der Waals surface area contributed by atoms with Crippen molar-refractivity contribution < 1.29 is 67.7 Å². The van der Waals surface area contributed by atoms with Crippen LogP contribution in [0.4, 0.5) is 26.7 Å². The molecule has 7 heterocycles. The van der Waals surface area contributed by atoms with E-state index < -0.39 is 58.0 Å². The molecule has 30 heteroatoms. The van der Waals surface area contributed by atoms with Gasteiger partial charge >= 0.3 is 24.0 Å². The largest absolute Gasteiger partial charge is 0.481 e. The van der Waals surface area contributed by atoms with Gasteiger partial charge in [0.15, 0.2) is 11.6 Å². The maximum atomic E-state index is 13.0. The fourth-order valence-electron chi connectivity index (χ4n) is 13.7. The highest BCUT2D eigenvalue weighted by Gasteiger charge is 2.48. The van der Waals surface area contributed by atoms with Crippen LogP contribution >= 0.6 is 47.2 Å². The average Bonchev–Trinajstić information content (AvgIpc) is 1.78. The SMILES string of the molecule is C[C@@H](C[C@@]1(C)NC(=O)CC1=O)C(=O)O.C[C@H](C[C@]1(C)NC(=O)CC1=O)C(=O)O.Cc1c(Cl)cccc1N1CCN(C(=O)[C@@H](C)C[C@@]2(C)NC(=O)NC2=O)C[C@@H]1C.Cc1c(Cl)cccc1N1CCN(C(=O)[C@H](C)C[C@]2(C)NC(=O)NC2=O)C[C@@H]1C.Cc1c(Cl)cccc1N1CCNC[C@@H]1C.Cl. The number of ketones is 2. The zero-order valence-electron chi connectivity index (χ0n) is 59.4. The molecule has 3 aromatic carbocycles. The fraction of sp³-hybridized carbons (Fsp3) is 0.571. The molecule has 7 saturated heterocycles. The second-order valence-corrected chi connectivity index (χ2v) is 29.3. The molecule has 0 aromatic heterocycles. The van der Waals surface area contributed by atoms with Crippen molar-refractivity contribution >= 4 is 135 Å². The Labute approximate surface area is 606 Å². The minimum Gasteiger partial charge on any atom is -0.481 e. The van der Waals surface area contributed by atoms with Crippen LogP contribution in [-0.4, -0.2) is 190 Å². The topological polar surface area (TPSA) is 346 Å². The van der Waals surface area contributed by atoms with Crippen LogP contribution in [0.2, 0.25) is 15.1 Å². The minimum atomic E-state index is -1.04. The number of anilines is 3. The van der Waals surface area contributed by atoms with Gasteiger partial charge in [0.25, 0.3) is 11.8 Å². The summed E-state index contributed by atoms with van der Waals surface area (Å²) in [6.45, 7) is 32.6. The zero-order valence-corrected chi connectivity index (χ0v) is 62.5. The Bertz CT molecular complexity index is 3410. The van der Waals surface area contributed by atoms with E-state index in [1.165, 1.54) is 25.1 Å². The molecule has 0 spiro atoms. The molecule has 7 aliphatic rings. The van der Waals surface area contributed by atoms with Gasteiger partial charge in [0.05, 0.1) is 35.8 Å². The summed E-state index contributed by atoms with van der Waals surface area (Å²) in [5.41, 5.74) is 2.67. The van der Waals surface area contributed by atoms with E-state index in [1.807, 2.05) is 73.9 Å². The number of halogens is 4. The van der Waals surface area contributed by atoms with Gasteiger partial charge in [0, 0.05) is 121 Å². The first-order valence-corrected chi connectivity index (χ1v) is 34.5.